The molecule has 0 atom stereocenters. The van der Waals surface area contributed by atoms with Crippen molar-refractivity contribution < 1.29 is 4.79 Å². The van der Waals surface area contributed by atoms with Crippen molar-refractivity contribution in [2.45, 2.75) is 6.92 Å². The molecule has 1 aliphatic rings. The fourth-order valence-corrected chi connectivity index (χ4v) is 2.10. The van der Waals surface area contributed by atoms with Crippen molar-refractivity contribution in [3.63, 3.8) is 0 Å². The molecule has 16 heavy (non-hydrogen) atoms. The van der Waals surface area contributed by atoms with E-state index in [1.54, 1.807) is 11.4 Å². The van der Waals surface area contributed by atoms with Gasteiger partial charge in [-0.05, 0) is 23.9 Å². The Balaban J connectivity index is 2.11. The van der Waals surface area contributed by atoms with Crippen LogP contribution in [-0.4, -0.2) is 19.0 Å². The summed E-state index contributed by atoms with van der Waals surface area (Å²) >= 11 is 1.36. The van der Waals surface area contributed by atoms with Crippen LogP contribution >= 0.6 is 11.3 Å². The van der Waals surface area contributed by atoms with Gasteiger partial charge >= 0.3 is 0 Å². The number of hydrogen-bond donors (Lipinski definition) is 2. The van der Waals surface area contributed by atoms with Crippen molar-refractivity contribution in [2.75, 3.05) is 18.4 Å². The molecule has 1 saturated heterocycles. The van der Waals surface area contributed by atoms with Crippen LogP contribution in [0.4, 0.5) is 5.00 Å². The Morgan fingerprint density at radius 1 is 1.62 bits per heavy atom. The third kappa shape index (κ3) is 1.98. The summed E-state index contributed by atoms with van der Waals surface area (Å²) < 4.78 is 0. The Kier molecular flexibility index (Phi) is 3.04. The molecular formula is C11H11N3OS. The van der Waals surface area contributed by atoms with Gasteiger partial charge in [0.1, 0.15) is 11.1 Å². The smallest absolute Gasteiger partial charge is 0.251 e. The molecule has 5 heteroatoms. The Morgan fingerprint density at radius 3 is 2.94 bits per heavy atom. The highest BCUT2D eigenvalue weighted by Crippen LogP contribution is 2.23. The number of rotatable bonds is 2. The maximum absolute atomic E-state index is 11.8. The van der Waals surface area contributed by atoms with Crippen molar-refractivity contribution in [3.05, 3.63) is 28.2 Å². The molecule has 1 fully saturated rings. The fourth-order valence-electron chi connectivity index (χ4n) is 1.37. The van der Waals surface area contributed by atoms with Gasteiger partial charge in [0, 0.05) is 18.7 Å². The average molecular weight is 233 g/mol. The van der Waals surface area contributed by atoms with Gasteiger partial charge in [-0.25, -0.2) is 0 Å². The number of carbonyl (C=O) groups is 1. The van der Waals surface area contributed by atoms with E-state index in [4.69, 9.17) is 5.26 Å². The molecular weight excluding hydrogens is 222 g/mol. The van der Waals surface area contributed by atoms with Gasteiger partial charge in [0.25, 0.3) is 5.91 Å². The Hall–Kier alpha value is -1.64. The number of anilines is 1. The van der Waals surface area contributed by atoms with Gasteiger partial charge in [0.2, 0.25) is 0 Å². The quantitative estimate of drug-likeness (QED) is 0.760. The van der Waals surface area contributed by atoms with Crippen LogP contribution in [0, 0.1) is 11.3 Å². The monoisotopic (exact) mass is 233 g/mol. The van der Waals surface area contributed by atoms with Crippen LogP contribution in [-0.2, 0) is 4.79 Å². The second kappa shape index (κ2) is 4.47. The summed E-state index contributed by atoms with van der Waals surface area (Å²) in [5, 5.41) is 17.1. The van der Waals surface area contributed by atoms with Crippen LogP contribution in [0.3, 0.4) is 0 Å². The molecule has 0 spiro atoms. The summed E-state index contributed by atoms with van der Waals surface area (Å²) in [5.74, 6) is -0.115. The van der Waals surface area contributed by atoms with E-state index in [9.17, 15) is 4.79 Å². The molecule has 2 rings (SSSR count). The molecule has 0 unspecified atom stereocenters. The highest BCUT2D eigenvalue weighted by molar-refractivity contribution is 7.14. The van der Waals surface area contributed by atoms with E-state index in [1.807, 2.05) is 13.0 Å². The van der Waals surface area contributed by atoms with Crippen LogP contribution < -0.4 is 10.6 Å². The molecule has 0 aromatic carbocycles. The van der Waals surface area contributed by atoms with Gasteiger partial charge in [-0.2, -0.15) is 5.26 Å². The lowest BCUT2D eigenvalue weighted by molar-refractivity contribution is -0.112. The van der Waals surface area contributed by atoms with E-state index < -0.39 is 0 Å². The molecule has 1 aromatic rings. The van der Waals surface area contributed by atoms with Gasteiger partial charge in [-0.1, -0.05) is 0 Å². The SMILES string of the molecule is CC(C(=O)Nc1sccc1C#N)=C1CNC1. The summed E-state index contributed by atoms with van der Waals surface area (Å²) in [6.07, 6.45) is 0. The maximum atomic E-state index is 11.8. The summed E-state index contributed by atoms with van der Waals surface area (Å²) in [5.41, 5.74) is 2.39. The first-order valence-corrected chi connectivity index (χ1v) is 5.78. The predicted octanol–water partition coefficient (Wildman–Crippen LogP) is 1.48. The lowest BCUT2D eigenvalue weighted by atomic mass is 10.0. The first-order valence-electron chi connectivity index (χ1n) is 4.90. The van der Waals surface area contributed by atoms with Crippen molar-refractivity contribution in [1.29, 1.82) is 5.26 Å². The van der Waals surface area contributed by atoms with Crippen molar-refractivity contribution in [1.82, 2.24) is 5.32 Å². The molecule has 1 aromatic heterocycles. The van der Waals surface area contributed by atoms with Gasteiger partial charge < -0.3 is 10.6 Å². The van der Waals surface area contributed by atoms with E-state index in [0.29, 0.717) is 10.6 Å². The zero-order valence-corrected chi connectivity index (χ0v) is 9.65. The van der Waals surface area contributed by atoms with Gasteiger partial charge in [-0.3, -0.25) is 4.79 Å². The van der Waals surface area contributed by atoms with Crippen LogP contribution in [0.15, 0.2) is 22.6 Å². The first kappa shape index (κ1) is 10.9. The predicted molar refractivity (Wildman–Crippen MR) is 63.2 cm³/mol. The molecule has 4 nitrogen and oxygen atoms in total. The van der Waals surface area contributed by atoms with Crippen molar-refractivity contribution >= 4 is 22.2 Å². The molecule has 0 radical (unpaired) electrons. The number of nitrogens with one attached hydrogen (secondary N) is 2. The number of thiophene rings is 1. The molecule has 0 aliphatic carbocycles. The van der Waals surface area contributed by atoms with E-state index in [1.165, 1.54) is 11.3 Å². The minimum Gasteiger partial charge on any atom is -0.313 e. The zero-order chi connectivity index (χ0) is 11.5. The Labute approximate surface area is 97.6 Å². The van der Waals surface area contributed by atoms with E-state index >= 15 is 0 Å². The maximum Gasteiger partial charge on any atom is 0.251 e. The fraction of sp³-hybridized carbons (Fsp3) is 0.273. The van der Waals surface area contributed by atoms with Gasteiger partial charge in [-0.15, -0.1) is 11.3 Å². The minimum absolute atomic E-state index is 0.115. The normalized spacial score (nSPS) is 13.9. The van der Waals surface area contributed by atoms with Crippen LogP contribution in [0.5, 0.6) is 0 Å². The first-order chi connectivity index (χ1) is 7.72. The lowest BCUT2D eigenvalue weighted by Gasteiger charge is -2.21. The number of nitrogens with zero attached hydrogens (tertiary/aromatic N) is 1. The molecule has 0 bridgehead atoms. The number of carbonyl (C=O) groups excluding carboxylic acids is 1. The van der Waals surface area contributed by atoms with E-state index in [2.05, 4.69) is 10.6 Å². The van der Waals surface area contributed by atoms with Crippen LogP contribution in [0.2, 0.25) is 0 Å². The van der Waals surface area contributed by atoms with Gasteiger partial charge in [0.05, 0.1) is 5.56 Å². The molecule has 1 aliphatic heterocycles. The second-order valence-corrected chi connectivity index (χ2v) is 4.48. The van der Waals surface area contributed by atoms with Crippen LogP contribution in [0.25, 0.3) is 0 Å². The third-order valence-corrected chi connectivity index (χ3v) is 3.39. The standard InChI is InChI=1S/C11H11N3OS/c1-7(9-5-13-6-9)10(15)14-11-8(4-12)2-3-16-11/h2-3,13H,5-6H2,1H3,(H,14,15). The second-order valence-electron chi connectivity index (χ2n) is 3.56. The third-order valence-electron chi connectivity index (χ3n) is 2.56. The minimum atomic E-state index is -0.115. The Bertz CT molecular complexity index is 490. The van der Waals surface area contributed by atoms with E-state index in [0.717, 1.165) is 24.2 Å². The summed E-state index contributed by atoms with van der Waals surface area (Å²) in [7, 11) is 0. The number of hydrogen-bond acceptors (Lipinski definition) is 4. The molecule has 0 saturated carbocycles. The largest absolute Gasteiger partial charge is 0.313 e. The highest BCUT2D eigenvalue weighted by Gasteiger charge is 2.17. The average Bonchev–Trinajstić information content (AvgIpc) is 2.62. The molecule has 2 heterocycles. The topological polar surface area (TPSA) is 64.9 Å². The van der Waals surface area contributed by atoms with Crippen molar-refractivity contribution in [2.24, 2.45) is 0 Å². The molecule has 1 amide bonds. The number of amides is 1. The van der Waals surface area contributed by atoms with Crippen molar-refractivity contribution in [3.8, 4) is 6.07 Å². The zero-order valence-electron chi connectivity index (χ0n) is 8.83. The number of nitriles is 1. The van der Waals surface area contributed by atoms with Crippen LogP contribution in [0.1, 0.15) is 12.5 Å². The summed E-state index contributed by atoms with van der Waals surface area (Å²) in [4.78, 5) is 11.8. The summed E-state index contributed by atoms with van der Waals surface area (Å²) in [6.45, 7) is 3.38. The highest BCUT2D eigenvalue weighted by atomic mass is 32.1. The molecule has 2 N–H and O–H groups in total. The van der Waals surface area contributed by atoms with Gasteiger partial charge in [0.15, 0.2) is 0 Å². The Morgan fingerprint density at radius 2 is 2.38 bits per heavy atom. The molecule has 82 valence electrons. The summed E-state index contributed by atoms with van der Waals surface area (Å²) in [6, 6.07) is 3.75. The lowest BCUT2D eigenvalue weighted by Crippen LogP contribution is -2.36. The van der Waals surface area contributed by atoms with E-state index in [-0.39, 0.29) is 5.91 Å².